The van der Waals surface area contributed by atoms with Crippen molar-refractivity contribution in [3.63, 3.8) is 0 Å². The summed E-state index contributed by atoms with van der Waals surface area (Å²) in [5.41, 5.74) is 3.88. The van der Waals surface area contributed by atoms with Crippen LogP contribution in [-0.2, 0) is 26.1 Å². The van der Waals surface area contributed by atoms with Crippen LogP contribution < -0.4 is 5.56 Å². The van der Waals surface area contributed by atoms with Gasteiger partial charge in [0.05, 0.1) is 12.2 Å². The molecule has 4 nitrogen and oxygen atoms in total. The highest BCUT2D eigenvalue weighted by Crippen LogP contribution is 2.21. The Morgan fingerprint density at radius 3 is 2.38 bits per heavy atom. The van der Waals surface area contributed by atoms with Crippen molar-refractivity contribution in [2.24, 2.45) is 0 Å². The van der Waals surface area contributed by atoms with Crippen LogP contribution in [0.1, 0.15) is 27.9 Å². The maximum Gasteiger partial charge on any atom is 0.271 e. The normalized spacial score (nSPS) is 14.1. The van der Waals surface area contributed by atoms with Gasteiger partial charge in [-0.2, -0.15) is 5.10 Å². The Balaban J connectivity index is 1.60. The summed E-state index contributed by atoms with van der Waals surface area (Å²) >= 11 is 5.93. The number of aromatic nitrogens is 2. The maximum absolute atomic E-state index is 13.5. The third-order valence-corrected chi connectivity index (χ3v) is 5.45. The first-order valence-electron chi connectivity index (χ1n) is 9.40. The number of hydrogen-bond donors (Lipinski definition) is 0. The first-order valence-corrected chi connectivity index (χ1v) is 9.78. The molecule has 0 unspecified atom stereocenters. The van der Waals surface area contributed by atoms with Gasteiger partial charge >= 0.3 is 0 Å². The summed E-state index contributed by atoms with van der Waals surface area (Å²) in [6.07, 6.45) is 0.684. The molecule has 150 valence electrons. The Hall–Kier alpha value is -2.57. The fraction of sp³-hybridized carbons (Fsp3) is 0.273. The Morgan fingerprint density at radius 2 is 1.69 bits per heavy atom. The molecule has 0 N–H and O–H groups in total. The van der Waals surface area contributed by atoms with E-state index in [0.29, 0.717) is 48.7 Å². The van der Waals surface area contributed by atoms with Crippen molar-refractivity contribution in [1.29, 1.82) is 0 Å². The zero-order valence-corrected chi connectivity index (χ0v) is 16.7. The highest BCUT2D eigenvalue weighted by molar-refractivity contribution is 6.30. The number of rotatable bonds is 4. The predicted molar refractivity (Wildman–Crippen MR) is 108 cm³/mol. The average molecular weight is 416 g/mol. The lowest BCUT2D eigenvalue weighted by Crippen LogP contribution is -2.38. The molecular formula is C22H20ClF2N3O. The minimum atomic E-state index is -0.595. The largest absolute Gasteiger partial charge is 0.294 e. The van der Waals surface area contributed by atoms with Crippen LogP contribution >= 0.6 is 11.6 Å². The fourth-order valence-corrected chi connectivity index (χ4v) is 3.95. The zero-order chi connectivity index (χ0) is 20.5. The standard InChI is InChI=1S/C22H20ClF2N3O/c1-14-20-6-7-27(11-16-8-18(24)10-19(25)9-16)13-21(20)22(29)28(26-14)12-15-2-4-17(23)5-3-15/h2-5,8-10H,6-7,11-13H2,1H3. The molecular weight excluding hydrogens is 396 g/mol. The van der Waals surface area contributed by atoms with E-state index in [1.54, 1.807) is 12.1 Å². The lowest BCUT2D eigenvalue weighted by molar-refractivity contribution is 0.241. The van der Waals surface area contributed by atoms with Crippen molar-refractivity contribution in [3.05, 3.63) is 97.4 Å². The second kappa shape index (κ2) is 8.05. The molecule has 0 bridgehead atoms. The van der Waals surface area contributed by atoms with Crippen molar-refractivity contribution in [3.8, 4) is 0 Å². The number of aryl methyl sites for hydroxylation is 1. The van der Waals surface area contributed by atoms with E-state index in [4.69, 9.17) is 11.6 Å². The Labute approximate surface area is 172 Å². The summed E-state index contributed by atoms with van der Waals surface area (Å²) in [6.45, 7) is 3.78. The van der Waals surface area contributed by atoms with Gasteiger partial charge in [0, 0.05) is 36.3 Å². The molecule has 0 fully saturated rings. The molecule has 1 aromatic heterocycles. The van der Waals surface area contributed by atoms with Gasteiger partial charge in [-0.25, -0.2) is 13.5 Å². The van der Waals surface area contributed by atoms with Gasteiger partial charge in [-0.15, -0.1) is 0 Å². The van der Waals surface area contributed by atoms with Crippen LogP contribution in [0.2, 0.25) is 5.02 Å². The Bertz CT molecular complexity index is 1090. The quantitative estimate of drug-likeness (QED) is 0.644. The minimum absolute atomic E-state index is 0.129. The molecule has 0 saturated carbocycles. The molecule has 1 aliphatic rings. The summed E-state index contributed by atoms with van der Waals surface area (Å²) < 4.78 is 28.5. The van der Waals surface area contributed by atoms with Crippen molar-refractivity contribution in [2.45, 2.75) is 33.0 Å². The van der Waals surface area contributed by atoms with E-state index < -0.39 is 11.6 Å². The van der Waals surface area contributed by atoms with E-state index in [9.17, 15) is 13.6 Å². The average Bonchev–Trinajstić information content (AvgIpc) is 2.67. The van der Waals surface area contributed by atoms with Crippen LogP contribution in [0, 0.1) is 18.6 Å². The molecule has 2 aromatic carbocycles. The smallest absolute Gasteiger partial charge is 0.271 e. The Kier molecular flexibility index (Phi) is 5.48. The van der Waals surface area contributed by atoms with Crippen LogP contribution in [0.3, 0.4) is 0 Å². The van der Waals surface area contributed by atoms with Gasteiger partial charge < -0.3 is 0 Å². The number of hydrogen-bond acceptors (Lipinski definition) is 3. The third-order valence-electron chi connectivity index (χ3n) is 5.20. The molecule has 2 heterocycles. The summed E-state index contributed by atoms with van der Waals surface area (Å²) in [5, 5.41) is 5.13. The number of halogens is 3. The van der Waals surface area contributed by atoms with Crippen LogP contribution in [0.5, 0.6) is 0 Å². The zero-order valence-electron chi connectivity index (χ0n) is 16.0. The van der Waals surface area contributed by atoms with Crippen LogP contribution in [-0.4, -0.2) is 21.2 Å². The lowest BCUT2D eigenvalue weighted by Gasteiger charge is -2.29. The van der Waals surface area contributed by atoms with E-state index >= 15 is 0 Å². The fourth-order valence-electron chi connectivity index (χ4n) is 3.82. The van der Waals surface area contributed by atoms with Gasteiger partial charge in [0.25, 0.3) is 5.56 Å². The van der Waals surface area contributed by atoms with E-state index in [0.717, 1.165) is 22.9 Å². The van der Waals surface area contributed by atoms with Gasteiger partial charge in [0.1, 0.15) is 11.6 Å². The van der Waals surface area contributed by atoms with Crippen LogP contribution in [0.15, 0.2) is 47.3 Å². The van der Waals surface area contributed by atoms with Crippen molar-refractivity contribution in [2.75, 3.05) is 6.54 Å². The highest BCUT2D eigenvalue weighted by atomic mass is 35.5. The molecule has 0 aliphatic carbocycles. The highest BCUT2D eigenvalue weighted by Gasteiger charge is 2.23. The van der Waals surface area contributed by atoms with Gasteiger partial charge in [-0.3, -0.25) is 9.69 Å². The molecule has 0 amide bonds. The monoisotopic (exact) mass is 415 g/mol. The van der Waals surface area contributed by atoms with E-state index in [1.807, 2.05) is 24.0 Å². The predicted octanol–water partition coefficient (Wildman–Crippen LogP) is 4.09. The molecule has 1 aliphatic heterocycles. The molecule has 4 rings (SSSR count). The molecule has 3 aromatic rings. The summed E-state index contributed by atoms with van der Waals surface area (Å²) in [5.74, 6) is -1.19. The molecule has 0 saturated heterocycles. The van der Waals surface area contributed by atoms with E-state index in [-0.39, 0.29) is 5.56 Å². The van der Waals surface area contributed by atoms with Crippen LogP contribution in [0.25, 0.3) is 0 Å². The first kappa shape index (κ1) is 19.7. The van der Waals surface area contributed by atoms with Crippen LogP contribution in [0.4, 0.5) is 8.78 Å². The molecule has 0 radical (unpaired) electrons. The first-order chi connectivity index (χ1) is 13.9. The van der Waals surface area contributed by atoms with Crippen molar-refractivity contribution >= 4 is 11.6 Å². The third kappa shape index (κ3) is 4.38. The molecule has 0 atom stereocenters. The van der Waals surface area contributed by atoms with Gasteiger partial charge in [-0.05, 0) is 54.3 Å². The van der Waals surface area contributed by atoms with Crippen molar-refractivity contribution in [1.82, 2.24) is 14.7 Å². The summed E-state index contributed by atoms with van der Waals surface area (Å²) in [7, 11) is 0. The van der Waals surface area contributed by atoms with E-state index in [1.165, 1.54) is 16.8 Å². The number of fused-ring (bicyclic) bond motifs is 1. The lowest BCUT2D eigenvalue weighted by atomic mass is 9.99. The second-order valence-corrected chi connectivity index (χ2v) is 7.81. The summed E-state index contributed by atoms with van der Waals surface area (Å²) in [4.78, 5) is 15.1. The molecule has 0 spiro atoms. The minimum Gasteiger partial charge on any atom is -0.294 e. The van der Waals surface area contributed by atoms with Gasteiger partial charge in [0.15, 0.2) is 0 Å². The second-order valence-electron chi connectivity index (χ2n) is 7.37. The Morgan fingerprint density at radius 1 is 1.00 bits per heavy atom. The van der Waals surface area contributed by atoms with Gasteiger partial charge in [-0.1, -0.05) is 23.7 Å². The summed E-state index contributed by atoms with van der Waals surface area (Å²) in [6, 6.07) is 10.8. The number of benzene rings is 2. The molecule has 29 heavy (non-hydrogen) atoms. The van der Waals surface area contributed by atoms with Gasteiger partial charge in [0.2, 0.25) is 0 Å². The van der Waals surface area contributed by atoms with Crippen molar-refractivity contribution < 1.29 is 8.78 Å². The number of nitrogens with zero attached hydrogens (tertiary/aromatic N) is 3. The SMILES string of the molecule is Cc1nn(Cc2ccc(Cl)cc2)c(=O)c2c1CCN(Cc1cc(F)cc(F)c1)C2. The van der Waals surface area contributed by atoms with E-state index in [2.05, 4.69) is 5.10 Å². The maximum atomic E-state index is 13.5. The topological polar surface area (TPSA) is 38.1 Å². The molecule has 7 heteroatoms.